The smallest absolute Gasteiger partial charge is 0.134 e. The Labute approximate surface area is 125 Å². The molecule has 2 heterocycles. The van der Waals surface area contributed by atoms with Crippen LogP contribution in [-0.2, 0) is 17.8 Å². The molecule has 1 aliphatic rings. The van der Waals surface area contributed by atoms with E-state index in [1.165, 1.54) is 12.8 Å². The SMILES string of the molecule is COCC1CCN(Cc2oc3ccccc3c2CN)CC1. The Hall–Kier alpha value is -1.36. The molecule has 0 spiro atoms. The number of ether oxygens (including phenoxy) is 1. The molecule has 1 aromatic heterocycles. The summed E-state index contributed by atoms with van der Waals surface area (Å²) < 4.78 is 11.3. The molecule has 0 aliphatic carbocycles. The minimum absolute atomic E-state index is 0.534. The molecule has 1 saturated heterocycles. The van der Waals surface area contributed by atoms with Crippen LogP contribution in [0.15, 0.2) is 28.7 Å². The lowest BCUT2D eigenvalue weighted by Crippen LogP contribution is -2.34. The number of nitrogens with zero attached hydrogens (tertiary/aromatic N) is 1. The lowest BCUT2D eigenvalue weighted by atomic mass is 9.97. The van der Waals surface area contributed by atoms with Gasteiger partial charge in [0.25, 0.3) is 0 Å². The highest BCUT2D eigenvalue weighted by Gasteiger charge is 2.21. The zero-order valence-corrected chi connectivity index (χ0v) is 12.7. The van der Waals surface area contributed by atoms with Crippen LogP contribution < -0.4 is 5.73 Å². The Balaban J connectivity index is 1.71. The summed E-state index contributed by atoms with van der Waals surface area (Å²) in [5.41, 5.74) is 8.04. The lowest BCUT2D eigenvalue weighted by Gasteiger charge is -2.31. The van der Waals surface area contributed by atoms with Gasteiger partial charge in [-0.25, -0.2) is 0 Å². The van der Waals surface area contributed by atoms with Crippen molar-refractivity contribution >= 4 is 11.0 Å². The van der Waals surface area contributed by atoms with E-state index in [-0.39, 0.29) is 0 Å². The predicted molar refractivity (Wildman–Crippen MR) is 84.0 cm³/mol. The fraction of sp³-hybridized carbons (Fsp3) is 0.529. The lowest BCUT2D eigenvalue weighted by molar-refractivity contribution is 0.0940. The van der Waals surface area contributed by atoms with Crippen LogP contribution in [0.3, 0.4) is 0 Å². The quantitative estimate of drug-likeness (QED) is 0.919. The molecule has 21 heavy (non-hydrogen) atoms. The number of nitrogens with two attached hydrogens (primary N) is 1. The van der Waals surface area contributed by atoms with Crippen molar-refractivity contribution < 1.29 is 9.15 Å². The van der Waals surface area contributed by atoms with Crippen molar-refractivity contribution in [2.45, 2.75) is 25.9 Å². The molecule has 1 fully saturated rings. The molecule has 3 rings (SSSR count). The molecule has 0 amide bonds. The van der Waals surface area contributed by atoms with E-state index in [9.17, 15) is 0 Å². The van der Waals surface area contributed by atoms with Crippen LogP contribution in [-0.4, -0.2) is 31.7 Å². The van der Waals surface area contributed by atoms with Gasteiger partial charge in [0.15, 0.2) is 0 Å². The average Bonchev–Trinajstić information content (AvgIpc) is 2.86. The maximum atomic E-state index is 6.02. The van der Waals surface area contributed by atoms with E-state index in [0.29, 0.717) is 12.5 Å². The minimum Gasteiger partial charge on any atom is -0.459 e. The van der Waals surface area contributed by atoms with Gasteiger partial charge in [-0.05, 0) is 37.9 Å². The number of likely N-dealkylation sites (tertiary alicyclic amines) is 1. The second-order valence-corrected chi connectivity index (χ2v) is 5.88. The van der Waals surface area contributed by atoms with Crippen molar-refractivity contribution in [1.29, 1.82) is 0 Å². The van der Waals surface area contributed by atoms with E-state index in [2.05, 4.69) is 11.0 Å². The number of piperidine rings is 1. The van der Waals surface area contributed by atoms with Crippen LogP contribution in [0.5, 0.6) is 0 Å². The van der Waals surface area contributed by atoms with Gasteiger partial charge in [0, 0.05) is 31.2 Å². The van der Waals surface area contributed by atoms with Crippen LogP contribution >= 0.6 is 0 Å². The molecule has 1 aliphatic heterocycles. The van der Waals surface area contributed by atoms with Gasteiger partial charge in [-0.2, -0.15) is 0 Å². The van der Waals surface area contributed by atoms with Crippen molar-refractivity contribution in [3.63, 3.8) is 0 Å². The molecule has 2 N–H and O–H groups in total. The third-order valence-corrected chi connectivity index (χ3v) is 4.46. The van der Waals surface area contributed by atoms with Gasteiger partial charge in [0.05, 0.1) is 6.54 Å². The van der Waals surface area contributed by atoms with Crippen molar-refractivity contribution in [3.8, 4) is 0 Å². The zero-order valence-electron chi connectivity index (χ0n) is 12.7. The summed E-state index contributed by atoms with van der Waals surface area (Å²) in [7, 11) is 1.79. The van der Waals surface area contributed by atoms with Gasteiger partial charge >= 0.3 is 0 Å². The molecular weight excluding hydrogens is 264 g/mol. The predicted octanol–water partition coefficient (Wildman–Crippen LogP) is 2.75. The zero-order chi connectivity index (χ0) is 14.7. The van der Waals surface area contributed by atoms with Gasteiger partial charge in [-0.15, -0.1) is 0 Å². The van der Waals surface area contributed by atoms with Gasteiger partial charge in [0.2, 0.25) is 0 Å². The highest BCUT2D eigenvalue weighted by molar-refractivity contribution is 5.82. The molecule has 0 bridgehead atoms. The van der Waals surface area contributed by atoms with Crippen LogP contribution in [0.4, 0.5) is 0 Å². The first-order valence-corrected chi connectivity index (χ1v) is 7.72. The van der Waals surface area contributed by atoms with Crippen LogP contribution in [0.1, 0.15) is 24.2 Å². The summed E-state index contributed by atoms with van der Waals surface area (Å²) in [6.07, 6.45) is 2.40. The Kier molecular flexibility index (Phi) is 4.58. The summed E-state index contributed by atoms with van der Waals surface area (Å²) in [5.74, 6) is 1.74. The Morgan fingerprint density at radius 2 is 2.05 bits per heavy atom. The summed E-state index contributed by atoms with van der Waals surface area (Å²) in [4.78, 5) is 2.46. The first-order valence-electron chi connectivity index (χ1n) is 7.72. The van der Waals surface area contributed by atoms with E-state index in [4.69, 9.17) is 14.9 Å². The molecule has 1 aromatic carbocycles. The molecule has 114 valence electrons. The largest absolute Gasteiger partial charge is 0.459 e. The summed E-state index contributed by atoms with van der Waals surface area (Å²) in [6, 6.07) is 8.15. The molecular formula is C17H24N2O2. The summed E-state index contributed by atoms with van der Waals surface area (Å²) in [5, 5.41) is 1.16. The highest BCUT2D eigenvalue weighted by Crippen LogP contribution is 2.28. The van der Waals surface area contributed by atoms with E-state index in [0.717, 1.165) is 48.5 Å². The Morgan fingerprint density at radius 1 is 1.29 bits per heavy atom. The number of fused-ring (bicyclic) bond motifs is 1. The van der Waals surface area contributed by atoms with E-state index < -0.39 is 0 Å². The maximum Gasteiger partial charge on any atom is 0.134 e. The van der Waals surface area contributed by atoms with Crippen molar-refractivity contribution in [3.05, 3.63) is 35.6 Å². The van der Waals surface area contributed by atoms with Crippen molar-refractivity contribution in [1.82, 2.24) is 4.90 Å². The van der Waals surface area contributed by atoms with Crippen molar-refractivity contribution in [2.75, 3.05) is 26.8 Å². The molecule has 0 atom stereocenters. The van der Waals surface area contributed by atoms with Gasteiger partial charge in [0.1, 0.15) is 11.3 Å². The average molecular weight is 288 g/mol. The first kappa shape index (κ1) is 14.6. The molecule has 2 aromatic rings. The van der Waals surface area contributed by atoms with Gasteiger partial charge < -0.3 is 14.9 Å². The standard InChI is InChI=1S/C17H24N2O2/c1-20-12-13-6-8-19(9-7-13)11-17-15(10-18)14-4-2-3-5-16(14)21-17/h2-5,13H,6-12,18H2,1H3. The number of furan rings is 1. The fourth-order valence-corrected chi connectivity index (χ4v) is 3.25. The molecule has 0 saturated carbocycles. The highest BCUT2D eigenvalue weighted by atomic mass is 16.5. The third kappa shape index (κ3) is 3.12. The van der Waals surface area contributed by atoms with Gasteiger partial charge in [-0.1, -0.05) is 18.2 Å². The monoisotopic (exact) mass is 288 g/mol. The number of hydrogen-bond donors (Lipinski definition) is 1. The molecule has 0 radical (unpaired) electrons. The number of rotatable bonds is 5. The summed E-state index contributed by atoms with van der Waals surface area (Å²) in [6.45, 7) is 4.49. The fourth-order valence-electron chi connectivity index (χ4n) is 3.25. The normalized spacial score (nSPS) is 17.6. The Morgan fingerprint density at radius 3 is 2.76 bits per heavy atom. The number of benzene rings is 1. The first-order chi connectivity index (χ1) is 10.3. The number of hydrogen-bond acceptors (Lipinski definition) is 4. The second-order valence-electron chi connectivity index (χ2n) is 5.88. The Bertz CT molecular complexity index is 585. The molecule has 0 unspecified atom stereocenters. The maximum absolute atomic E-state index is 6.02. The molecule has 4 heteroatoms. The number of para-hydroxylation sites is 1. The van der Waals surface area contributed by atoms with E-state index in [1.807, 2.05) is 18.2 Å². The minimum atomic E-state index is 0.534. The third-order valence-electron chi connectivity index (χ3n) is 4.46. The van der Waals surface area contributed by atoms with Gasteiger partial charge in [-0.3, -0.25) is 4.90 Å². The topological polar surface area (TPSA) is 51.6 Å². The van der Waals surface area contributed by atoms with Crippen LogP contribution in [0.25, 0.3) is 11.0 Å². The second kappa shape index (κ2) is 6.60. The van der Waals surface area contributed by atoms with Crippen LogP contribution in [0, 0.1) is 5.92 Å². The summed E-state index contributed by atoms with van der Waals surface area (Å²) >= 11 is 0. The number of methoxy groups -OCH3 is 1. The van der Waals surface area contributed by atoms with Crippen LogP contribution in [0.2, 0.25) is 0 Å². The van der Waals surface area contributed by atoms with E-state index >= 15 is 0 Å². The van der Waals surface area contributed by atoms with E-state index in [1.54, 1.807) is 7.11 Å². The molecule has 4 nitrogen and oxygen atoms in total. The van der Waals surface area contributed by atoms with Crippen molar-refractivity contribution in [2.24, 2.45) is 11.7 Å².